The van der Waals surface area contributed by atoms with Gasteiger partial charge in [-0.3, -0.25) is 9.69 Å². The maximum atomic E-state index is 14.5. The van der Waals surface area contributed by atoms with Gasteiger partial charge in [-0.1, -0.05) is 0 Å². The monoisotopic (exact) mass is 345 g/mol. The molecule has 0 aromatic rings. The van der Waals surface area contributed by atoms with Crippen molar-refractivity contribution in [3.05, 3.63) is 23.9 Å². The van der Waals surface area contributed by atoms with Gasteiger partial charge in [-0.25, -0.2) is 13.2 Å². The molecule has 1 saturated carbocycles. The highest BCUT2D eigenvalue weighted by Crippen LogP contribution is 2.43. The molecule has 2 heterocycles. The minimum absolute atomic E-state index is 0.0813. The van der Waals surface area contributed by atoms with Gasteiger partial charge in [-0.2, -0.15) is 0 Å². The van der Waals surface area contributed by atoms with Crippen molar-refractivity contribution in [3.63, 3.8) is 0 Å². The molecule has 3 rings (SSSR count). The predicted octanol–water partition coefficient (Wildman–Crippen LogP) is 1.27. The van der Waals surface area contributed by atoms with Gasteiger partial charge < -0.3 is 15.4 Å². The molecule has 2 fully saturated rings. The van der Waals surface area contributed by atoms with Crippen molar-refractivity contribution in [2.24, 2.45) is 11.7 Å². The number of primary amides is 1. The van der Waals surface area contributed by atoms with Crippen molar-refractivity contribution in [1.82, 2.24) is 9.80 Å². The largest absolute Gasteiger partial charge is 0.366 e. The average Bonchev–Trinajstić information content (AvgIpc) is 2.84. The topological polar surface area (TPSA) is 58.8 Å². The lowest BCUT2D eigenvalue weighted by molar-refractivity contribution is -0.117. The van der Waals surface area contributed by atoms with Crippen LogP contribution in [0.5, 0.6) is 0 Å². The van der Waals surface area contributed by atoms with Crippen LogP contribution >= 0.6 is 0 Å². The summed E-state index contributed by atoms with van der Waals surface area (Å²) in [6, 6.07) is -0.505. The number of nitrogens with zero attached hydrogens (tertiary/aromatic N) is 2. The molecule has 134 valence electrons. The maximum absolute atomic E-state index is 14.5. The second-order valence-corrected chi connectivity index (χ2v) is 6.80. The van der Waals surface area contributed by atoms with E-state index in [-0.39, 0.29) is 30.9 Å². The van der Waals surface area contributed by atoms with Gasteiger partial charge in [0, 0.05) is 45.8 Å². The summed E-state index contributed by atoms with van der Waals surface area (Å²) in [5.74, 6) is -3.25. The van der Waals surface area contributed by atoms with Crippen molar-refractivity contribution in [1.29, 1.82) is 0 Å². The number of likely N-dealkylation sites (tertiary alicyclic amines) is 1. The Hall–Kier alpha value is -1.54. The van der Waals surface area contributed by atoms with Crippen LogP contribution in [0.4, 0.5) is 13.2 Å². The van der Waals surface area contributed by atoms with E-state index in [0.717, 1.165) is 0 Å². The Morgan fingerprint density at radius 3 is 2.71 bits per heavy atom. The molecule has 0 spiro atoms. The van der Waals surface area contributed by atoms with Gasteiger partial charge in [-0.05, 0) is 18.1 Å². The zero-order valence-corrected chi connectivity index (χ0v) is 13.5. The number of rotatable bonds is 5. The Morgan fingerprint density at radius 2 is 2.12 bits per heavy atom. The first-order valence-corrected chi connectivity index (χ1v) is 8.03. The minimum Gasteiger partial charge on any atom is -0.366 e. The molecule has 2 N–H and O–H groups in total. The lowest BCUT2D eigenvalue weighted by Gasteiger charge is -2.38. The Morgan fingerprint density at radius 1 is 1.42 bits per heavy atom. The van der Waals surface area contributed by atoms with Gasteiger partial charge in [0.25, 0.3) is 0 Å². The van der Waals surface area contributed by atoms with Crippen LogP contribution < -0.4 is 5.73 Å². The fourth-order valence-electron chi connectivity index (χ4n) is 3.84. The molecule has 1 aliphatic carbocycles. The number of halogens is 3. The van der Waals surface area contributed by atoms with E-state index in [1.807, 2.05) is 4.90 Å². The summed E-state index contributed by atoms with van der Waals surface area (Å²) in [4.78, 5) is 15.0. The van der Waals surface area contributed by atoms with Crippen LogP contribution in [-0.2, 0) is 9.53 Å². The van der Waals surface area contributed by atoms with Crippen LogP contribution in [0.15, 0.2) is 23.9 Å². The fourth-order valence-corrected chi connectivity index (χ4v) is 3.84. The lowest BCUT2D eigenvalue weighted by atomic mass is 9.81. The smallest absolute Gasteiger partial charge is 0.249 e. The molecule has 0 aromatic carbocycles. The van der Waals surface area contributed by atoms with E-state index < -0.39 is 30.3 Å². The van der Waals surface area contributed by atoms with Gasteiger partial charge >= 0.3 is 0 Å². The number of nitrogens with two attached hydrogens (primary N) is 1. The summed E-state index contributed by atoms with van der Waals surface area (Å²) in [7, 11) is 1.43. The lowest BCUT2D eigenvalue weighted by Crippen LogP contribution is -2.49. The number of carbonyl (C=O) groups excluding carboxylic acids is 1. The maximum Gasteiger partial charge on any atom is 0.249 e. The summed E-state index contributed by atoms with van der Waals surface area (Å²) < 4.78 is 45.8. The SMILES string of the molecule is COC1C(C(N)=O)=CC=CN1C1CN(CC2CC(F)(F)C2)CC1F. The van der Waals surface area contributed by atoms with Crippen molar-refractivity contribution in [2.75, 3.05) is 26.7 Å². The highest BCUT2D eigenvalue weighted by atomic mass is 19.3. The number of amides is 1. The fraction of sp³-hybridized carbons (Fsp3) is 0.688. The Balaban J connectivity index is 1.63. The molecule has 5 nitrogen and oxygen atoms in total. The van der Waals surface area contributed by atoms with E-state index >= 15 is 0 Å². The standard InChI is InChI=1S/C16H22F3N3O2/c1-24-15-11(14(20)23)3-2-4-22(15)13-9-21(8-12(13)17)7-10-5-16(18,19)6-10/h2-4,10,12-13,15H,5-9H2,1H3,(H2,20,23). The zero-order chi connectivity index (χ0) is 17.5. The third-order valence-electron chi connectivity index (χ3n) is 4.95. The van der Waals surface area contributed by atoms with Crippen LogP contribution in [-0.4, -0.2) is 66.8 Å². The molecular weight excluding hydrogens is 323 g/mol. The number of carbonyl (C=O) groups is 1. The molecule has 24 heavy (non-hydrogen) atoms. The third kappa shape index (κ3) is 3.30. The van der Waals surface area contributed by atoms with Crippen LogP contribution in [0.25, 0.3) is 0 Å². The Kier molecular flexibility index (Phi) is 4.61. The first-order chi connectivity index (χ1) is 11.3. The van der Waals surface area contributed by atoms with Crippen LogP contribution in [0.1, 0.15) is 12.8 Å². The highest BCUT2D eigenvalue weighted by Gasteiger charge is 2.47. The number of alkyl halides is 3. The molecule has 8 heteroatoms. The van der Waals surface area contributed by atoms with E-state index in [1.165, 1.54) is 7.11 Å². The summed E-state index contributed by atoms with van der Waals surface area (Å²) in [5, 5.41) is 0. The van der Waals surface area contributed by atoms with Gasteiger partial charge in [-0.15, -0.1) is 0 Å². The second kappa shape index (κ2) is 6.40. The van der Waals surface area contributed by atoms with E-state index in [9.17, 15) is 18.0 Å². The number of ether oxygens (including phenoxy) is 1. The molecule has 0 aromatic heterocycles. The molecular formula is C16H22F3N3O2. The third-order valence-corrected chi connectivity index (χ3v) is 4.95. The van der Waals surface area contributed by atoms with Crippen LogP contribution in [0.2, 0.25) is 0 Å². The summed E-state index contributed by atoms with van der Waals surface area (Å²) >= 11 is 0. The Bertz CT molecular complexity index is 559. The van der Waals surface area contributed by atoms with E-state index in [1.54, 1.807) is 23.3 Å². The van der Waals surface area contributed by atoms with Crippen LogP contribution in [0.3, 0.4) is 0 Å². The second-order valence-electron chi connectivity index (χ2n) is 6.80. The van der Waals surface area contributed by atoms with Gasteiger partial charge in [0.1, 0.15) is 6.17 Å². The molecule has 2 aliphatic heterocycles. The molecule has 0 bridgehead atoms. The van der Waals surface area contributed by atoms with E-state index in [2.05, 4.69) is 0 Å². The van der Waals surface area contributed by atoms with Crippen molar-refractivity contribution in [2.45, 2.75) is 37.2 Å². The predicted molar refractivity (Wildman–Crippen MR) is 81.8 cm³/mol. The van der Waals surface area contributed by atoms with Crippen molar-refractivity contribution in [3.8, 4) is 0 Å². The average molecular weight is 345 g/mol. The molecule has 0 radical (unpaired) electrons. The van der Waals surface area contributed by atoms with Gasteiger partial charge in [0.15, 0.2) is 6.23 Å². The first-order valence-electron chi connectivity index (χ1n) is 8.03. The molecule has 1 amide bonds. The Labute approximate surface area is 138 Å². The molecule has 3 aliphatic rings. The van der Waals surface area contributed by atoms with Gasteiger partial charge in [0.05, 0.1) is 11.6 Å². The molecule has 3 atom stereocenters. The number of methoxy groups -OCH3 is 1. The van der Waals surface area contributed by atoms with Crippen LogP contribution in [0, 0.1) is 5.92 Å². The molecule has 3 unspecified atom stereocenters. The van der Waals surface area contributed by atoms with E-state index in [0.29, 0.717) is 13.1 Å². The van der Waals surface area contributed by atoms with E-state index in [4.69, 9.17) is 10.5 Å². The normalized spacial score (nSPS) is 33.4. The first kappa shape index (κ1) is 17.3. The number of allylic oxidation sites excluding steroid dienone is 2. The zero-order valence-electron chi connectivity index (χ0n) is 13.5. The minimum atomic E-state index is -2.56. The number of hydrogen-bond donors (Lipinski definition) is 1. The summed E-state index contributed by atoms with van der Waals surface area (Å²) in [6.45, 7) is 1.07. The summed E-state index contributed by atoms with van der Waals surface area (Å²) in [5.41, 5.74) is 5.62. The quantitative estimate of drug-likeness (QED) is 0.815. The molecule has 1 saturated heterocycles. The highest BCUT2D eigenvalue weighted by molar-refractivity contribution is 5.93. The van der Waals surface area contributed by atoms with Crippen molar-refractivity contribution >= 4 is 5.91 Å². The van der Waals surface area contributed by atoms with Gasteiger partial charge in [0.2, 0.25) is 11.8 Å². The summed E-state index contributed by atoms with van der Waals surface area (Å²) in [6.07, 6.45) is 2.75. The number of hydrogen-bond acceptors (Lipinski definition) is 4. The van der Waals surface area contributed by atoms with Crippen molar-refractivity contribution < 1.29 is 22.7 Å².